The van der Waals surface area contributed by atoms with E-state index in [0.29, 0.717) is 5.69 Å². The van der Waals surface area contributed by atoms with Gasteiger partial charge in [-0.05, 0) is 44.4 Å². The maximum Gasteiger partial charge on any atom is 0.168 e. The maximum absolute atomic E-state index is 10.9. The molecule has 3 nitrogen and oxygen atoms in total. The fourth-order valence-electron chi connectivity index (χ4n) is 1.95. The molecule has 0 bridgehead atoms. The molecule has 0 aliphatic rings. The molecule has 2 aromatic heterocycles. The molecule has 15 heavy (non-hydrogen) atoms. The van der Waals surface area contributed by atoms with Crippen molar-refractivity contribution in [2.45, 2.75) is 27.7 Å². The molecule has 2 heterocycles. The molecule has 0 spiro atoms. The average Bonchev–Trinajstić information content (AvgIpc) is 2.67. The fraction of sp³-hybridized carbons (Fsp3) is 0.333. The Labute approximate surface area is 88.8 Å². The number of aryl methyl sites for hydroxylation is 2. The lowest BCUT2D eigenvalue weighted by atomic mass is 10.0. The van der Waals surface area contributed by atoms with E-state index in [0.717, 1.165) is 23.2 Å². The number of hydrogen-bond acceptors (Lipinski definition) is 2. The van der Waals surface area contributed by atoms with E-state index in [4.69, 9.17) is 0 Å². The SMILES string of the molecule is Cc1c(C)c(C)n2c(C=O)cnc2c1C. The molecule has 0 aliphatic carbocycles. The summed E-state index contributed by atoms with van der Waals surface area (Å²) in [5.74, 6) is 0. The van der Waals surface area contributed by atoms with Gasteiger partial charge in [-0.2, -0.15) is 0 Å². The van der Waals surface area contributed by atoms with Crippen LogP contribution >= 0.6 is 0 Å². The first kappa shape index (κ1) is 9.90. The first-order valence-electron chi connectivity index (χ1n) is 4.97. The largest absolute Gasteiger partial charge is 0.296 e. The van der Waals surface area contributed by atoms with E-state index in [1.807, 2.05) is 18.2 Å². The second kappa shape index (κ2) is 3.19. The summed E-state index contributed by atoms with van der Waals surface area (Å²) in [5.41, 5.74) is 6.22. The number of carbonyl (C=O) groups is 1. The Morgan fingerprint density at radius 1 is 1.13 bits per heavy atom. The number of aromatic nitrogens is 2. The van der Waals surface area contributed by atoms with Gasteiger partial charge in [0, 0.05) is 5.69 Å². The van der Waals surface area contributed by atoms with Crippen molar-refractivity contribution in [3.63, 3.8) is 0 Å². The van der Waals surface area contributed by atoms with Crippen LogP contribution in [-0.4, -0.2) is 15.7 Å². The Balaban J connectivity index is 3.03. The highest BCUT2D eigenvalue weighted by Crippen LogP contribution is 2.22. The molecule has 0 amide bonds. The first-order valence-corrected chi connectivity index (χ1v) is 4.97. The lowest BCUT2D eigenvalue weighted by molar-refractivity contribution is 0.111. The molecule has 0 unspecified atom stereocenters. The minimum Gasteiger partial charge on any atom is -0.296 e. The van der Waals surface area contributed by atoms with E-state index in [-0.39, 0.29) is 0 Å². The number of aldehydes is 1. The summed E-state index contributed by atoms with van der Waals surface area (Å²) >= 11 is 0. The van der Waals surface area contributed by atoms with E-state index in [9.17, 15) is 4.79 Å². The smallest absolute Gasteiger partial charge is 0.168 e. The lowest BCUT2D eigenvalue weighted by Gasteiger charge is -2.12. The molecular weight excluding hydrogens is 188 g/mol. The van der Waals surface area contributed by atoms with Crippen molar-refractivity contribution in [3.8, 4) is 0 Å². The highest BCUT2D eigenvalue weighted by atomic mass is 16.1. The Morgan fingerprint density at radius 2 is 1.80 bits per heavy atom. The first-order chi connectivity index (χ1) is 7.07. The third kappa shape index (κ3) is 1.19. The van der Waals surface area contributed by atoms with Crippen LogP contribution < -0.4 is 0 Å². The van der Waals surface area contributed by atoms with Crippen LogP contribution in [-0.2, 0) is 0 Å². The summed E-state index contributed by atoms with van der Waals surface area (Å²) in [5, 5.41) is 0. The zero-order valence-electron chi connectivity index (χ0n) is 9.46. The van der Waals surface area contributed by atoms with Crippen molar-refractivity contribution in [3.05, 3.63) is 34.3 Å². The molecular formula is C12H14N2O. The highest BCUT2D eigenvalue weighted by Gasteiger charge is 2.12. The molecule has 0 N–H and O–H groups in total. The average molecular weight is 202 g/mol. The van der Waals surface area contributed by atoms with Gasteiger partial charge < -0.3 is 0 Å². The summed E-state index contributed by atoms with van der Waals surface area (Å²) in [7, 11) is 0. The normalized spacial score (nSPS) is 10.9. The summed E-state index contributed by atoms with van der Waals surface area (Å²) < 4.78 is 1.92. The van der Waals surface area contributed by atoms with Crippen molar-refractivity contribution in [1.82, 2.24) is 9.38 Å². The lowest BCUT2D eigenvalue weighted by Crippen LogP contribution is -2.03. The second-order valence-corrected chi connectivity index (χ2v) is 3.92. The molecule has 0 fully saturated rings. The van der Waals surface area contributed by atoms with Crippen molar-refractivity contribution < 1.29 is 4.79 Å². The van der Waals surface area contributed by atoms with E-state index < -0.39 is 0 Å². The van der Waals surface area contributed by atoms with Crippen molar-refractivity contribution in [1.29, 1.82) is 0 Å². The van der Waals surface area contributed by atoms with Crippen molar-refractivity contribution in [2.24, 2.45) is 0 Å². The van der Waals surface area contributed by atoms with Gasteiger partial charge in [-0.15, -0.1) is 0 Å². The standard InChI is InChI=1S/C12H14N2O/c1-7-8(2)10(4)14-11(6-15)5-13-12(14)9(7)3/h5-6H,1-4H3. The van der Waals surface area contributed by atoms with Crippen LogP contribution in [0.2, 0.25) is 0 Å². The number of hydrogen-bond donors (Lipinski definition) is 0. The van der Waals surface area contributed by atoms with Crippen LogP contribution in [0.5, 0.6) is 0 Å². The van der Waals surface area contributed by atoms with Gasteiger partial charge in [-0.25, -0.2) is 4.98 Å². The van der Waals surface area contributed by atoms with Crippen molar-refractivity contribution in [2.75, 3.05) is 0 Å². The molecule has 3 heteroatoms. The molecule has 0 aliphatic heterocycles. The van der Waals surface area contributed by atoms with Gasteiger partial charge in [0.2, 0.25) is 0 Å². The summed E-state index contributed by atoms with van der Waals surface area (Å²) in [4.78, 5) is 15.2. The van der Waals surface area contributed by atoms with E-state index in [1.54, 1.807) is 6.20 Å². The predicted octanol–water partition coefficient (Wildman–Crippen LogP) is 2.38. The topological polar surface area (TPSA) is 34.4 Å². The molecule has 0 radical (unpaired) electrons. The molecule has 78 valence electrons. The zero-order valence-corrected chi connectivity index (χ0v) is 9.46. The highest BCUT2D eigenvalue weighted by molar-refractivity contribution is 5.75. The number of fused-ring (bicyclic) bond motifs is 1. The fourth-order valence-corrected chi connectivity index (χ4v) is 1.95. The molecule has 0 saturated carbocycles. The zero-order chi connectivity index (χ0) is 11.2. The molecule has 2 rings (SSSR count). The number of pyridine rings is 1. The molecule has 0 atom stereocenters. The third-order valence-electron chi connectivity index (χ3n) is 3.25. The quantitative estimate of drug-likeness (QED) is 0.665. The Bertz CT molecular complexity index is 552. The summed E-state index contributed by atoms with van der Waals surface area (Å²) in [6, 6.07) is 0. The number of imidazole rings is 1. The minimum absolute atomic E-state index is 0.619. The Morgan fingerprint density at radius 3 is 2.40 bits per heavy atom. The van der Waals surface area contributed by atoms with Gasteiger partial charge >= 0.3 is 0 Å². The van der Waals surface area contributed by atoms with Gasteiger partial charge in [-0.1, -0.05) is 0 Å². The third-order valence-corrected chi connectivity index (χ3v) is 3.25. The monoisotopic (exact) mass is 202 g/mol. The van der Waals surface area contributed by atoms with Gasteiger partial charge in [0.05, 0.1) is 6.20 Å². The van der Waals surface area contributed by atoms with Gasteiger partial charge in [0.25, 0.3) is 0 Å². The van der Waals surface area contributed by atoms with Crippen LogP contribution in [0.4, 0.5) is 0 Å². The molecule has 0 aromatic carbocycles. The van der Waals surface area contributed by atoms with Gasteiger partial charge in [-0.3, -0.25) is 9.20 Å². The van der Waals surface area contributed by atoms with Crippen LogP contribution in [0.25, 0.3) is 5.65 Å². The van der Waals surface area contributed by atoms with Gasteiger partial charge in [0.15, 0.2) is 6.29 Å². The number of rotatable bonds is 1. The Kier molecular flexibility index (Phi) is 2.11. The number of carbonyl (C=O) groups excluding carboxylic acids is 1. The van der Waals surface area contributed by atoms with Crippen LogP contribution in [0, 0.1) is 27.7 Å². The predicted molar refractivity (Wildman–Crippen MR) is 59.5 cm³/mol. The van der Waals surface area contributed by atoms with Gasteiger partial charge in [0.1, 0.15) is 11.3 Å². The number of nitrogens with zero attached hydrogens (tertiary/aromatic N) is 2. The summed E-state index contributed by atoms with van der Waals surface area (Å²) in [6.45, 7) is 8.22. The second-order valence-electron chi connectivity index (χ2n) is 3.92. The molecule has 0 saturated heterocycles. The Hall–Kier alpha value is -1.64. The van der Waals surface area contributed by atoms with Crippen LogP contribution in [0.1, 0.15) is 32.9 Å². The van der Waals surface area contributed by atoms with E-state index in [2.05, 4.69) is 18.8 Å². The summed E-state index contributed by atoms with van der Waals surface area (Å²) in [6.07, 6.45) is 2.47. The maximum atomic E-state index is 10.9. The van der Waals surface area contributed by atoms with E-state index >= 15 is 0 Å². The van der Waals surface area contributed by atoms with E-state index in [1.165, 1.54) is 11.1 Å². The minimum atomic E-state index is 0.619. The molecule has 2 aromatic rings. The van der Waals surface area contributed by atoms with Crippen LogP contribution in [0.3, 0.4) is 0 Å². The van der Waals surface area contributed by atoms with Crippen LogP contribution in [0.15, 0.2) is 6.20 Å². The van der Waals surface area contributed by atoms with Crippen molar-refractivity contribution >= 4 is 11.9 Å².